The van der Waals surface area contributed by atoms with Crippen LogP contribution in [0.1, 0.15) is 26.2 Å². The summed E-state index contributed by atoms with van der Waals surface area (Å²) in [6.07, 6.45) is 0.443. The molecule has 11 heteroatoms. The van der Waals surface area contributed by atoms with Crippen LogP contribution in [0, 0.1) is 0 Å². The smallest absolute Gasteiger partial charge is 0.326 e. The first-order valence-electron chi connectivity index (χ1n) is 7.78. The zero-order valence-electron chi connectivity index (χ0n) is 13.9. The summed E-state index contributed by atoms with van der Waals surface area (Å²) in [5, 5.41) is 13.7. The summed E-state index contributed by atoms with van der Waals surface area (Å²) in [6.45, 7) is 1.29. The molecule has 7 N–H and O–H groups in total. The van der Waals surface area contributed by atoms with Crippen LogP contribution in [0.2, 0.25) is 0 Å². The molecule has 11 nitrogen and oxygen atoms in total. The summed E-state index contributed by atoms with van der Waals surface area (Å²) < 4.78 is 0. The fourth-order valence-electron chi connectivity index (χ4n) is 2.58. The predicted octanol–water partition coefficient (Wildman–Crippen LogP) is -3.11. The minimum absolute atomic E-state index is 0.282. The van der Waals surface area contributed by atoms with Crippen molar-refractivity contribution in [1.29, 1.82) is 0 Å². The van der Waals surface area contributed by atoms with E-state index in [0.29, 0.717) is 12.8 Å². The minimum atomic E-state index is -1.27. The zero-order valence-corrected chi connectivity index (χ0v) is 13.9. The Morgan fingerprint density at radius 1 is 1.24 bits per heavy atom. The lowest BCUT2D eigenvalue weighted by Gasteiger charge is -2.26. The van der Waals surface area contributed by atoms with Gasteiger partial charge in [-0.25, -0.2) is 4.79 Å². The van der Waals surface area contributed by atoms with Gasteiger partial charge in [0, 0.05) is 6.54 Å². The highest BCUT2D eigenvalue weighted by Crippen LogP contribution is 2.18. The monoisotopic (exact) mass is 357 g/mol. The fourth-order valence-corrected chi connectivity index (χ4v) is 2.58. The molecule has 0 radical (unpaired) electrons. The lowest BCUT2D eigenvalue weighted by Crippen LogP contribution is -2.56. The van der Waals surface area contributed by atoms with Gasteiger partial charge in [-0.2, -0.15) is 0 Å². The maximum absolute atomic E-state index is 12.4. The molecule has 3 unspecified atom stereocenters. The van der Waals surface area contributed by atoms with Crippen LogP contribution in [-0.4, -0.2) is 70.8 Å². The van der Waals surface area contributed by atoms with Crippen LogP contribution < -0.4 is 22.1 Å². The molecule has 1 heterocycles. The predicted molar refractivity (Wildman–Crippen MR) is 84.8 cm³/mol. The van der Waals surface area contributed by atoms with Crippen molar-refractivity contribution in [3.05, 3.63) is 0 Å². The molecule has 0 saturated carbocycles. The van der Waals surface area contributed by atoms with Crippen LogP contribution in [0.3, 0.4) is 0 Å². The summed E-state index contributed by atoms with van der Waals surface area (Å²) in [6, 6.07) is -3.22. The summed E-state index contributed by atoms with van der Waals surface area (Å²) in [5.74, 6) is -3.92. The number of nitrogens with one attached hydrogen (secondary N) is 2. The Kier molecular flexibility index (Phi) is 7.30. The van der Waals surface area contributed by atoms with Crippen LogP contribution in [0.4, 0.5) is 0 Å². The van der Waals surface area contributed by atoms with Crippen LogP contribution in [0.15, 0.2) is 0 Å². The zero-order chi connectivity index (χ0) is 19.1. The molecular formula is C14H23N5O6. The van der Waals surface area contributed by atoms with E-state index in [1.807, 2.05) is 0 Å². The lowest BCUT2D eigenvalue weighted by atomic mass is 10.1. The van der Waals surface area contributed by atoms with Crippen LogP contribution in [-0.2, 0) is 24.0 Å². The SMILES string of the molecule is CC(NC(=O)C(CC(N)=O)NC(=O)CN)C(=O)N1CCCC1C(=O)O. The van der Waals surface area contributed by atoms with E-state index >= 15 is 0 Å². The van der Waals surface area contributed by atoms with Crippen LogP contribution in [0.25, 0.3) is 0 Å². The second-order valence-corrected chi connectivity index (χ2v) is 5.75. The maximum Gasteiger partial charge on any atom is 0.326 e. The molecule has 1 saturated heterocycles. The average Bonchev–Trinajstić information content (AvgIpc) is 3.02. The van der Waals surface area contributed by atoms with E-state index < -0.39 is 54.1 Å². The molecule has 1 aliphatic heterocycles. The van der Waals surface area contributed by atoms with Crippen molar-refractivity contribution >= 4 is 29.6 Å². The van der Waals surface area contributed by atoms with Crippen LogP contribution >= 0.6 is 0 Å². The number of carboxylic acid groups (broad SMARTS) is 1. The van der Waals surface area contributed by atoms with E-state index in [1.165, 1.54) is 11.8 Å². The van der Waals surface area contributed by atoms with Gasteiger partial charge in [0.05, 0.1) is 13.0 Å². The minimum Gasteiger partial charge on any atom is -0.480 e. The fraction of sp³-hybridized carbons (Fsp3) is 0.643. The molecule has 1 fully saturated rings. The molecule has 140 valence electrons. The number of hydrogen-bond acceptors (Lipinski definition) is 6. The number of rotatable bonds is 8. The topological polar surface area (TPSA) is 185 Å². The third-order valence-electron chi connectivity index (χ3n) is 3.79. The molecule has 0 bridgehead atoms. The molecule has 0 spiro atoms. The van der Waals surface area contributed by atoms with Crippen molar-refractivity contribution in [3.8, 4) is 0 Å². The third kappa shape index (κ3) is 5.71. The van der Waals surface area contributed by atoms with E-state index in [1.54, 1.807) is 0 Å². The standard InChI is InChI=1S/C14H23N5O6/c1-7(13(23)19-4-2-3-9(19)14(24)25)17-12(22)8(5-10(16)20)18-11(21)6-15/h7-9H,2-6,15H2,1H3,(H2,16,20)(H,17,22)(H,18,21)(H,24,25). The molecule has 0 aromatic carbocycles. The van der Waals surface area contributed by atoms with E-state index in [2.05, 4.69) is 10.6 Å². The first kappa shape index (κ1) is 20.4. The third-order valence-corrected chi connectivity index (χ3v) is 3.79. The van der Waals surface area contributed by atoms with Crippen molar-refractivity contribution < 1.29 is 29.1 Å². The highest BCUT2D eigenvalue weighted by Gasteiger charge is 2.36. The van der Waals surface area contributed by atoms with Gasteiger partial charge in [-0.15, -0.1) is 0 Å². The van der Waals surface area contributed by atoms with E-state index in [0.717, 1.165) is 0 Å². The molecule has 0 aromatic heterocycles. The number of carbonyl (C=O) groups is 5. The molecule has 3 atom stereocenters. The largest absolute Gasteiger partial charge is 0.480 e. The van der Waals surface area contributed by atoms with Crippen molar-refractivity contribution in [2.75, 3.05) is 13.1 Å². The second kappa shape index (κ2) is 8.97. The Morgan fingerprint density at radius 2 is 1.88 bits per heavy atom. The number of primary amides is 1. The van der Waals surface area contributed by atoms with E-state index in [9.17, 15) is 24.0 Å². The summed E-state index contributed by atoms with van der Waals surface area (Å²) in [5.41, 5.74) is 10.2. The molecule has 0 aromatic rings. The number of aliphatic carboxylic acids is 1. The Morgan fingerprint density at radius 3 is 2.40 bits per heavy atom. The van der Waals surface area contributed by atoms with Gasteiger partial charge in [-0.1, -0.05) is 0 Å². The Labute approximate surface area is 144 Å². The molecule has 25 heavy (non-hydrogen) atoms. The molecule has 1 aliphatic rings. The average molecular weight is 357 g/mol. The van der Waals surface area contributed by atoms with Gasteiger partial charge < -0.3 is 32.1 Å². The number of likely N-dealkylation sites (tertiary alicyclic amines) is 1. The quantitative estimate of drug-likeness (QED) is 0.304. The summed E-state index contributed by atoms with van der Waals surface area (Å²) in [4.78, 5) is 59.3. The molecule has 1 rings (SSSR count). The number of nitrogens with two attached hydrogens (primary N) is 2. The van der Waals surface area contributed by atoms with Crippen molar-refractivity contribution in [2.24, 2.45) is 11.5 Å². The number of carboxylic acids is 1. The van der Waals surface area contributed by atoms with Gasteiger partial charge in [0.15, 0.2) is 0 Å². The Hall–Kier alpha value is -2.69. The first-order valence-corrected chi connectivity index (χ1v) is 7.78. The van der Waals surface area contributed by atoms with Gasteiger partial charge in [0.1, 0.15) is 18.1 Å². The molecule has 0 aliphatic carbocycles. The normalized spacial score (nSPS) is 19.0. The number of amides is 4. The Bertz CT molecular complexity index is 566. The Balaban J connectivity index is 2.74. The van der Waals surface area contributed by atoms with Gasteiger partial charge in [-0.05, 0) is 19.8 Å². The van der Waals surface area contributed by atoms with Gasteiger partial charge in [-0.3, -0.25) is 19.2 Å². The highest BCUT2D eigenvalue weighted by molar-refractivity contribution is 5.95. The first-order chi connectivity index (χ1) is 11.7. The maximum atomic E-state index is 12.4. The molecular weight excluding hydrogens is 334 g/mol. The summed E-state index contributed by atoms with van der Waals surface area (Å²) >= 11 is 0. The van der Waals surface area contributed by atoms with Gasteiger partial charge in [0.2, 0.25) is 23.6 Å². The van der Waals surface area contributed by atoms with Crippen molar-refractivity contribution in [2.45, 2.75) is 44.3 Å². The number of nitrogens with zero attached hydrogens (tertiary/aromatic N) is 1. The van der Waals surface area contributed by atoms with Gasteiger partial charge in [0.25, 0.3) is 0 Å². The number of carbonyl (C=O) groups excluding carboxylic acids is 4. The van der Waals surface area contributed by atoms with E-state index in [4.69, 9.17) is 16.6 Å². The van der Waals surface area contributed by atoms with Crippen molar-refractivity contribution in [1.82, 2.24) is 15.5 Å². The highest BCUT2D eigenvalue weighted by atomic mass is 16.4. The lowest BCUT2D eigenvalue weighted by molar-refractivity contribution is -0.149. The van der Waals surface area contributed by atoms with Crippen LogP contribution in [0.5, 0.6) is 0 Å². The number of hydrogen-bond donors (Lipinski definition) is 5. The van der Waals surface area contributed by atoms with Crippen molar-refractivity contribution in [3.63, 3.8) is 0 Å². The van der Waals surface area contributed by atoms with Gasteiger partial charge >= 0.3 is 5.97 Å². The summed E-state index contributed by atoms with van der Waals surface area (Å²) in [7, 11) is 0. The second-order valence-electron chi connectivity index (χ2n) is 5.75. The molecule has 4 amide bonds. The van der Waals surface area contributed by atoms with E-state index in [-0.39, 0.29) is 13.1 Å².